The molecule has 8 nitrogen and oxygen atoms in total. The minimum Gasteiger partial charge on any atom is -0.460 e. The van der Waals surface area contributed by atoms with Gasteiger partial charge in [-0.25, -0.2) is 9.67 Å². The largest absolute Gasteiger partial charge is 0.460 e. The van der Waals surface area contributed by atoms with Crippen molar-refractivity contribution in [3.05, 3.63) is 81.4 Å². The summed E-state index contributed by atoms with van der Waals surface area (Å²) < 4.78 is 14.0. The van der Waals surface area contributed by atoms with Gasteiger partial charge in [0.1, 0.15) is 10.5 Å². The van der Waals surface area contributed by atoms with Gasteiger partial charge in [-0.2, -0.15) is 10.1 Å². The van der Waals surface area contributed by atoms with Crippen molar-refractivity contribution in [3.63, 3.8) is 0 Å². The number of rotatable bonds is 8. The number of benzene rings is 1. The Morgan fingerprint density at radius 1 is 1.12 bits per heavy atom. The zero-order chi connectivity index (χ0) is 27.5. The van der Waals surface area contributed by atoms with Crippen LogP contribution in [-0.2, 0) is 11.2 Å². The summed E-state index contributed by atoms with van der Waals surface area (Å²) in [7, 11) is 0. The first kappa shape index (κ1) is 26.4. The molecule has 0 spiro atoms. The van der Waals surface area contributed by atoms with E-state index in [0.717, 1.165) is 60.3 Å². The Balaban J connectivity index is 1.12. The van der Waals surface area contributed by atoms with Crippen molar-refractivity contribution in [1.82, 2.24) is 19.7 Å². The predicted molar refractivity (Wildman–Crippen MR) is 159 cm³/mol. The van der Waals surface area contributed by atoms with Gasteiger partial charge in [-0.3, -0.25) is 4.79 Å². The van der Waals surface area contributed by atoms with Gasteiger partial charge in [0.25, 0.3) is 0 Å². The highest BCUT2D eigenvalue weighted by atomic mass is 32.1. The van der Waals surface area contributed by atoms with E-state index in [2.05, 4.69) is 23.4 Å². The minimum atomic E-state index is -0.00447. The number of aryl methyl sites for hydroxylation is 3. The van der Waals surface area contributed by atoms with Gasteiger partial charge in [-0.1, -0.05) is 18.6 Å². The molecule has 1 aromatic carbocycles. The zero-order valence-corrected chi connectivity index (χ0v) is 23.7. The van der Waals surface area contributed by atoms with E-state index >= 15 is 0 Å². The van der Waals surface area contributed by atoms with Crippen molar-refractivity contribution in [3.8, 4) is 16.9 Å². The van der Waals surface area contributed by atoms with E-state index in [-0.39, 0.29) is 5.43 Å². The number of ether oxygens (including phenoxy) is 1. The Hall–Kier alpha value is -3.82. The summed E-state index contributed by atoms with van der Waals surface area (Å²) in [6.07, 6.45) is 10.9. The predicted octanol–water partition coefficient (Wildman–Crippen LogP) is 7.00. The highest BCUT2D eigenvalue weighted by Crippen LogP contribution is 2.33. The Morgan fingerprint density at radius 2 is 2.00 bits per heavy atom. The Morgan fingerprint density at radius 3 is 2.88 bits per heavy atom. The van der Waals surface area contributed by atoms with Crippen LogP contribution in [0, 0.1) is 19.8 Å². The van der Waals surface area contributed by atoms with Crippen LogP contribution in [0.2, 0.25) is 0 Å². The summed E-state index contributed by atoms with van der Waals surface area (Å²) in [4.78, 5) is 21.4. The van der Waals surface area contributed by atoms with Crippen LogP contribution >= 0.6 is 11.3 Å². The molecule has 206 valence electrons. The van der Waals surface area contributed by atoms with Crippen LogP contribution in [0.15, 0.2) is 63.4 Å². The third-order valence-corrected chi connectivity index (χ3v) is 8.50. The second-order valence-corrected chi connectivity index (χ2v) is 11.3. The molecule has 40 heavy (non-hydrogen) atoms. The summed E-state index contributed by atoms with van der Waals surface area (Å²) in [6, 6.07) is 11.3. The standard InChI is InChI=1S/C31H33N5O3S/c1-20-17-27(37)30-29(39-20)26(19-40-30)23-8-10-25(11-9-23)33-31-32-14-12-28(34-31)36-18-24(21(2)35-36)7-3-5-22-6-4-15-38-16-13-22/h8-12,14,17-19,22H,3-7,13,15-16H2,1-2H3,(H,32,33,34). The van der Waals surface area contributed by atoms with E-state index in [9.17, 15) is 4.79 Å². The molecule has 1 fully saturated rings. The van der Waals surface area contributed by atoms with Gasteiger partial charge in [-0.05, 0) is 75.1 Å². The third kappa shape index (κ3) is 5.85. The van der Waals surface area contributed by atoms with Gasteiger partial charge < -0.3 is 14.5 Å². The average Bonchev–Trinajstić information content (AvgIpc) is 3.44. The van der Waals surface area contributed by atoms with Crippen molar-refractivity contribution in [2.75, 3.05) is 18.5 Å². The number of hydrogen-bond donors (Lipinski definition) is 1. The fourth-order valence-corrected chi connectivity index (χ4v) is 6.27. The SMILES string of the molecule is Cc1cc(=O)c2scc(-c3ccc(Nc4nccc(-n5cc(CCCC6CCCOCC6)c(C)n5)n4)cc3)c2o1. The molecular formula is C31H33N5O3S. The second kappa shape index (κ2) is 11.7. The first-order chi connectivity index (χ1) is 19.5. The minimum absolute atomic E-state index is 0.00447. The molecule has 1 unspecified atom stereocenters. The average molecular weight is 556 g/mol. The quantitative estimate of drug-likeness (QED) is 0.220. The molecule has 0 saturated carbocycles. The smallest absolute Gasteiger partial charge is 0.229 e. The van der Waals surface area contributed by atoms with Crippen LogP contribution in [0.5, 0.6) is 0 Å². The molecule has 1 saturated heterocycles. The molecule has 1 N–H and O–H groups in total. The molecule has 0 radical (unpaired) electrons. The zero-order valence-electron chi connectivity index (χ0n) is 22.9. The maximum absolute atomic E-state index is 12.3. The summed E-state index contributed by atoms with van der Waals surface area (Å²) in [6.45, 7) is 5.68. The molecule has 0 bridgehead atoms. The second-order valence-electron chi connectivity index (χ2n) is 10.5. The first-order valence-electron chi connectivity index (χ1n) is 13.9. The molecule has 5 aromatic rings. The first-order valence-corrected chi connectivity index (χ1v) is 14.8. The van der Waals surface area contributed by atoms with Crippen LogP contribution in [0.1, 0.15) is 49.1 Å². The van der Waals surface area contributed by atoms with Gasteiger partial charge in [0, 0.05) is 54.4 Å². The van der Waals surface area contributed by atoms with E-state index in [1.165, 1.54) is 48.6 Å². The van der Waals surface area contributed by atoms with Crippen LogP contribution in [0.25, 0.3) is 27.2 Å². The van der Waals surface area contributed by atoms with Crippen LogP contribution < -0.4 is 10.7 Å². The topological polar surface area (TPSA) is 95.1 Å². The van der Waals surface area contributed by atoms with Crippen LogP contribution in [0.3, 0.4) is 0 Å². The Labute approximate surface area is 237 Å². The lowest BCUT2D eigenvalue weighted by molar-refractivity contribution is 0.141. The molecule has 5 heterocycles. The number of anilines is 2. The van der Waals surface area contributed by atoms with Crippen molar-refractivity contribution in [1.29, 1.82) is 0 Å². The number of thiophene rings is 1. The van der Waals surface area contributed by atoms with E-state index in [4.69, 9.17) is 19.2 Å². The molecular weight excluding hydrogens is 522 g/mol. The van der Waals surface area contributed by atoms with Gasteiger partial charge in [0.2, 0.25) is 11.4 Å². The number of aromatic nitrogens is 4. The molecule has 0 aliphatic carbocycles. The van der Waals surface area contributed by atoms with E-state index in [1.807, 2.05) is 40.4 Å². The lowest BCUT2D eigenvalue weighted by Gasteiger charge is -2.12. The van der Waals surface area contributed by atoms with E-state index < -0.39 is 0 Å². The summed E-state index contributed by atoms with van der Waals surface area (Å²) >= 11 is 1.41. The highest BCUT2D eigenvalue weighted by Gasteiger charge is 2.15. The number of fused-ring (bicyclic) bond motifs is 1. The molecule has 9 heteroatoms. The molecule has 4 aromatic heterocycles. The fourth-order valence-electron chi connectivity index (χ4n) is 5.36. The van der Waals surface area contributed by atoms with Crippen molar-refractivity contribution in [2.45, 2.75) is 52.4 Å². The lowest BCUT2D eigenvalue weighted by Crippen LogP contribution is -2.03. The molecule has 1 aliphatic rings. The molecule has 1 aliphatic heterocycles. The van der Waals surface area contributed by atoms with Gasteiger partial charge in [-0.15, -0.1) is 11.3 Å². The number of nitrogens with zero attached hydrogens (tertiary/aromatic N) is 4. The van der Waals surface area contributed by atoms with Crippen molar-refractivity contribution < 1.29 is 9.15 Å². The maximum atomic E-state index is 12.3. The van der Waals surface area contributed by atoms with Gasteiger partial charge in [0.05, 0.1) is 5.69 Å². The van der Waals surface area contributed by atoms with E-state index in [0.29, 0.717) is 22.0 Å². The van der Waals surface area contributed by atoms with E-state index in [1.54, 1.807) is 13.1 Å². The number of hydrogen-bond acceptors (Lipinski definition) is 8. The maximum Gasteiger partial charge on any atom is 0.229 e. The van der Waals surface area contributed by atoms with Crippen molar-refractivity contribution in [2.24, 2.45) is 5.92 Å². The Kier molecular flexibility index (Phi) is 7.75. The molecule has 6 rings (SSSR count). The summed E-state index contributed by atoms with van der Waals surface area (Å²) in [5.74, 6) is 2.60. The Bertz CT molecular complexity index is 1660. The molecule has 1 atom stereocenters. The van der Waals surface area contributed by atoms with Gasteiger partial charge >= 0.3 is 0 Å². The third-order valence-electron chi connectivity index (χ3n) is 7.52. The summed E-state index contributed by atoms with van der Waals surface area (Å²) in [5, 5.41) is 10.00. The lowest BCUT2D eigenvalue weighted by atomic mass is 9.93. The van der Waals surface area contributed by atoms with Gasteiger partial charge in [0.15, 0.2) is 11.4 Å². The normalized spacial score (nSPS) is 15.8. The molecule has 0 amide bonds. The van der Waals surface area contributed by atoms with Crippen molar-refractivity contribution >= 4 is 33.3 Å². The number of nitrogens with one attached hydrogen (secondary N) is 1. The monoisotopic (exact) mass is 555 g/mol. The summed E-state index contributed by atoms with van der Waals surface area (Å²) in [5.41, 5.74) is 5.69. The van der Waals surface area contributed by atoms with Crippen LogP contribution in [0.4, 0.5) is 11.6 Å². The fraction of sp³-hybridized carbons (Fsp3) is 0.355. The highest BCUT2D eigenvalue weighted by molar-refractivity contribution is 7.17. The van der Waals surface area contributed by atoms with Crippen LogP contribution in [-0.4, -0.2) is 33.0 Å².